The van der Waals surface area contributed by atoms with E-state index in [1.54, 1.807) is 18.5 Å². The lowest BCUT2D eigenvalue weighted by atomic mass is 9.93. The fourth-order valence-electron chi connectivity index (χ4n) is 4.17. The predicted octanol–water partition coefficient (Wildman–Crippen LogP) is 5.49. The number of rotatable bonds is 7. The molecule has 34 heavy (non-hydrogen) atoms. The Balaban J connectivity index is 1.35. The summed E-state index contributed by atoms with van der Waals surface area (Å²) >= 11 is 0. The molecule has 1 atom stereocenters. The summed E-state index contributed by atoms with van der Waals surface area (Å²) in [7, 11) is 0. The van der Waals surface area contributed by atoms with Crippen molar-refractivity contribution in [3.8, 4) is 11.3 Å². The zero-order valence-electron chi connectivity index (χ0n) is 18.7. The van der Waals surface area contributed by atoms with Gasteiger partial charge in [-0.1, -0.05) is 37.3 Å². The van der Waals surface area contributed by atoms with Gasteiger partial charge in [-0.15, -0.1) is 0 Å². The van der Waals surface area contributed by atoms with E-state index in [0.717, 1.165) is 40.3 Å². The van der Waals surface area contributed by atoms with E-state index in [4.69, 9.17) is 0 Å². The molecule has 3 heterocycles. The first-order valence-corrected chi connectivity index (χ1v) is 11.2. The number of H-pyrrole nitrogens is 1. The second-order valence-electron chi connectivity index (χ2n) is 8.35. The first-order valence-electron chi connectivity index (χ1n) is 11.2. The van der Waals surface area contributed by atoms with E-state index in [9.17, 15) is 9.59 Å². The van der Waals surface area contributed by atoms with Crippen LogP contribution in [-0.2, 0) is 6.42 Å². The quantitative estimate of drug-likeness (QED) is 0.323. The Morgan fingerprint density at radius 3 is 2.59 bits per heavy atom. The van der Waals surface area contributed by atoms with Gasteiger partial charge < -0.3 is 10.3 Å². The van der Waals surface area contributed by atoms with Gasteiger partial charge in [0.15, 0.2) is 11.4 Å². The topological polar surface area (TPSA) is 79.3 Å². The number of ketones is 1. The minimum Gasteiger partial charge on any atom is -0.352 e. The molecule has 3 aromatic heterocycles. The van der Waals surface area contributed by atoms with Crippen molar-refractivity contribution in [3.63, 3.8) is 0 Å². The van der Waals surface area contributed by atoms with Crippen molar-refractivity contribution in [1.82, 2.24) is 14.4 Å². The zero-order chi connectivity index (χ0) is 23.5. The van der Waals surface area contributed by atoms with E-state index in [0.29, 0.717) is 5.56 Å². The average Bonchev–Trinajstić information content (AvgIpc) is 3.35. The predicted molar refractivity (Wildman–Crippen MR) is 135 cm³/mol. The molecule has 0 saturated carbocycles. The smallest absolute Gasteiger partial charge is 0.248 e. The van der Waals surface area contributed by atoms with Crippen LogP contribution in [0.2, 0.25) is 0 Å². The summed E-state index contributed by atoms with van der Waals surface area (Å²) < 4.78 is 1.94. The highest BCUT2D eigenvalue weighted by Crippen LogP contribution is 2.27. The third-order valence-corrected chi connectivity index (χ3v) is 5.90. The lowest BCUT2D eigenvalue weighted by molar-refractivity contribution is 0.0929. The van der Waals surface area contributed by atoms with Crippen LogP contribution < -0.4 is 10.9 Å². The molecular weight excluding hydrogens is 424 g/mol. The lowest BCUT2D eigenvalue weighted by Gasteiger charge is -2.13. The van der Waals surface area contributed by atoms with E-state index in [-0.39, 0.29) is 17.3 Å². The molecule has 0 aliphatic carbocycles. The maximum atomic E-state index is 12.9. The number of nitrogens with one attached hydrogen (secondary N) is 2. The molecule has 5 aromatic rings. The number of hydrogen-bond acceptors (Lipinski definition) is 4. The number of nitrogens with zero attached hydrogens (tertiary/aromatic N) is 2. The molecule has 0 aliphatic rings. The summed E-state index contributed by atoms with van der Waals surface area (Å²) in [4.78, 5) is 31.8. The fraction of sp³-hybridized carbons (Fsp3) is 0.107. The Kier molecular flexibility index (Phi) is 5.79. The highest BCUT2D eigenvalue weighted by atomic mass is 16.1. The van der Waals surface area contributed by atoms with Crippen molar-refractivity contribution >= 4 is 22.8 Å². The molecule has 0 amide bonds. The molecule has 2 aromatic carbocycles. The Labute approximate surface area is 196 Å². The summed E-state index contributed by atoms with van der Waals surface area (Å²) in [5.74, 6) is 0.0387. The van der Waals surface area contributed by atoms with Crippen LogP contribution in [0.5, 0.6) is 0 Å². The van der Waals surface area contributed by atoms with Crippen molar-refractivity contribution in [3.05, 3.63) is 119 Å². The SMILES string of the molecule is CC(Cc1ccccc1)C(=O)c1ccc(Nc2ccc(-c3cc[nH]c(=O)c3)n3ccnc23)cc1. The van der Waals surface area contributed by atoms with Gasteiger partial charge in [0.25, 0.3) is 0 Å². The number of fused-ring (bicyclic) bond motifs is 1. The maximum absolute atomic E-state index is 12.9. The first-order chi connectivity index (χ1) is 16.6. The van der Waals surface area contributed by atoms with Crippen molar-refractivity contribution in [2.24, 2.45) is 5.92 Å². The van der Waals surface area contributed by atoms with Crippen LogP contribution in [0, 0.1) is 5.92 Å². The number of carbonyl (C=O) groups excluding carboxylic acids is 1. The second-order valence-corrected chi connectivity index (χ2v) is 8.35. The summed E-state index contributed by atoms with van der Waals surface area (Å²) in [6, 6.07) is 24.9. The first kappa shape index (κ1) is 21.4. The summed E-state index contributed by atoms with van der Waals surface area (Å²) in [5, 5.41) is 3.40. The summed E-state index contributed by atoms with van der Waals surface area (Å²) in [5.41, 5.74) is 5.83. The maximum Gasteiger partial charge on any atom is 0.248 e. The summed E-state index contributed by atoms with van der Waals surface area (Å²) in [6.07, 6.45) is 5.95. The third kappa shape index (κ3) is 4.38. The molecule has 6 heteroatoms. The number of benzene rings is 2. The van der Waals surface area contributed by atoms with Crippen LogP contribution in [0.25, 0.3) is 16.9 Å². The molecule has 0 radical (unpaired) electrons. The van der Waals surface area contributed by atoms with Gasteiger partial charge in [0, 0.05) is 47.4 Å². The Hall–Kier alpha value is -4.45. The Bertz CT molecular complexity index is 1500. The van der Waals surface area contributed by atoms with E-state index < -0.39 is 0 Å². The number of hydrogen-bond donors (Lipinski definition) is 2. The van der Waals surface area contributed by atoms with Crippen LogP contribution in [0.4, 0.5) is 11.4 Å². The van der Waals surface area contributed by atoms with Crippen LogP contribution in [0.3, 0.4) is 0 Å². The standard InChI is InChI=1S/C28H24N4O2/c1-19(17-20-5-3-2-4-6-20)27(34)21-7-9-23(10-8-21)31-24-11-12-25(32-16-15-30-28(24)32)22-13-14-29-26(33)18-22/h2-16,18-19,31H,17H2,1H3,(H,29,33). The minimum absolute atomic E-state index is 0.0940. The lowest BCUT2D eigenvalue weighted by Crippen LogP contribution is -2.14. The average molecular weight is 449 g/mol. The number of aromatic nitrogens is 3. The monoisotopic (exact) mass is 448 g/mol. The number of anilines is 2. The Morgan fingerprint density at radius 1 is 1.03 bits per heavy atom. The minimum atomic E-state index is -0.152. The molecule has 0 aliphatic heterocycles. The van der Waals surface area contributed by atoms with Crippen molar-refractivity contribution in [1.29, 1.82) is 0 Å². The second kappa shape index (κ2) is 9.19. The molecule has 1 unspecified atom stereocenters. The zero-order valence-corrected chi connectivity index (χ0v) is 18.7. The fourth-order valence-corrected chi connectivity index (χ4v) is 4.17. The van der Waals surface area contributed by atoms with Gasteiger partial charge >= 0.3 is 0 Å². The van der Waals surface area contributed by atoms with Gasteiger partial charge in [0.05, 0.1) is 11.4 Å². The molecule has 6 nitrogen and oxygen atoms in total. The van der Waals surface area contributed by atoms with Crippen LogP contribution >= 0.6 is 0 Å². The van der Waals surface area contributed by atoms with Gasteiger partial charge in [-0.25, -0.2) is 4.98 Å². The van der Waals surface area contributed by atoms with E-state index >= 15 is 0 Å². The number of Topliss-reactive ketones (excluding diaryl/α,β-unsaturated/α-hetero) is 1. The largest absolute Gasteiger partial charge is 0.352 e. The number of carbonyl (C=O) groups is 1. The number of pyridine rings is 2. The highest BCUT2D eigenvalue weighted by molar-refractivity contribution is 5.98. The van der Waals surface area contributed by atoms with E-state index in [1.165, 1.54) is 0 Å². The molecule has 2 N–H and O–H groups in total. The van der Waals surface area contributed by atoms with Crippen LogP contribution in [0.15, 0.2) is 102 Å². The molecule has 0 fully saturated rings. The van der Waals surface area contributed by atoms with Gasteiger partial charge in [-0.05, 0) is 54.4 Å². The van der Waals surface area contributed by atoms with Crippen molar-refractivity contribution in [2.75, 3.05) is 5.32 Å². The highest BCUT2D eigenvalue weighted by Gasteiger charge is 2.16. The summed E-state index contributed by atoms with van der Waals surface area (Å²) in [6.45, 7) is 1.97. The molecule has 0 bridgehead atoms. The van der Waals surface area contributed by atoms with Gasteiger partial charge in [-0.3, -0.25) is 14.0 Å². The van der Waals surface area contributed by atoms with Crippen molar-refractivity contribution in [2.45, 2.75) is 13.3 Å². The van der Waals surface area contributed by atoms with E-state index in [2.05, 4.69) is 15.3 Å². The van der Waals surface area contributed by atoms with Gasteiger partial charge in [0.2, 0.25) is 5.56 Å². The van der Waals surface area contributed by atoms with E-state index in [1.807, 2.05) is 90.3 Å². The van der Waals surface area contributed by atoms with Crippen molar-refractivity contribution < 1.29 is 4.79 Å². The Morgan fingerprint density at radius 2 is 1.82 bits per heavy atom. The van der Waals surface area contributed by atoms with Crippen LogP contribution in [0.1, 0.15) is 22.8 Å². The van der Waals surface area contributed by atoms with Gasteiger partial charge in [-0.2, -0.15) is 0 Å². The third-order valence-electron chi connectivity index (χ3n) is 5.90. The molecule has 5 rings (SSSR count). The van der Waals surface area contributed by atoms with Gasteiger partial charge in [0.1, 0.15) is 0 Å². The molecular formula is C28H24N4O2. The van der Waals surface area contributed by atoms with Crippen LogP contribution in [-0.4, -0.2) is 20.2 Å². The normalized spacial score (nSPS) is 11.9. The number of aromatic amines is 1. The molecule has 0 saturated heterocycles. The molecule has 168 valence electrons. The number of imidazole rings is 1. The molecule has 0 spiro atoms.